The number of ether oxygens (including phenoxy) is 4. The Morgan fingerprint density at radius 3 is 2.23 bits per heavy atom. The first kappa shape index (κ1) is 17.7. The summed E-state index contributed by atoms with van der Waals surface area (Å²) >= 11 is 0. The molecule has 0 unspecified atom stereocenters. The van der Waals surface area contributed by atoms with Crippen LogP contribution in [-0.2, 0) is 33.3 Å². The summed E-state index contributed by atoms with van der Waals surface area (Å²) in [6, 6.07) is -0.980. The van der Waals surface area contributed by atoms with E-state index in [0.29, 0.717) is 0 Å². The van der Waals surface area contributed by atoms with E-state index in [1.54, 1.807) is 0 Å². The summed E-state index contributed by atoms with van der Waals surface area (Å²) in [7, 11) is 0. The summed E-state index contributed by atoms with van der Waals surface area (Å²) in [5, 5.41) is 3.43. The average molecular weight is 314 g/mol. The van der Waals surface area contributed by atoms with Crippen LogP contribution in [0.1, 0.15) is 20.8 Å². The van der Waals surface area contributed by atoms with E-state index in [0.717, 1.165) is 20.5 Å². The molecule has 1 fully saturated rings. The Kier molecular flexibility index (Phi) is 6.61. The lowest BCUT2D eigenvalue weighted by Gasteiger charge is -2.38. The molecule has 1 radical (unpaired) electrons. The Labute approximate surface area is 126 Å². The maximum Gasteiger partial charge on any atom is 0.303 e. The van der Waals surface area contributed by atoms with Crippen LogP contribution in [0.25, 0.3) is 10.4 Å². The molecule has 1 aliphatic rings. The van der Waals surface area contributed by atoms with Crippen LogP contribution in [0.15, 0.2) is 5.11 Å². The minimum absolute atomic E-state index is 0.218. The number of hydrogen-bond acceptors (Lipinski definition) is 8. The molecule has 0 aromatic rings. The normalized spacial score (nSPS) is 27.2. The first-order chi connectivity index (χ1) is 10.3. The van der Waals surface area contributed by atoms with Gasteiger partial charge in [-0.15, -0.1) is 0 Å². The summed E-state index contributed by atoms with van der Waals surface area (Å²) in [5.74, 6) is -1.85. The van der Waals surface area contributed by atoms with Crippen molar-refractivity contribution in [3.05, 3.63) is 17.0 Å². The Morgan fingerprint density at radius 2 is 1.73 bits per heavy atom. The second-order valence-electron chi connectivity index (χ2n) is 4.46. The molecule has 0 saturated carbocycles. The zero-order chi connectivity index (χ0) is 16.7. The van der Waals surface area contributed by atoms with Crippen LogP contribution < -0.4 is 0 Å². The van der Waals surface area contributed by atoms with Gasteiger partial charge in [-0.25, -0.2) is 0 Å². The van der Waals surface area contributed by atoms with Crippen LogP contribution in [0.2, 0.25) is 0 Å². The molecule has 0 aromatic carbocycles. The van der Waals surface area contributed by atoms with E-state index in [1.165, 1.54) is 6.92 Å². The molecule has 0 spiro atoms. The number of carbonyl (C=O) groups is 3. The van der Waals surface area contributed by atoms with Crippen LogP contribution in [-0.4, -0.2) is 48.9 Å². The number of carbonyl (C=O) groups excluding carboxylic acids is 3. The molecule has 1 saturated heterocycles. The molecule has 121 valence electrons. The van der Waals surface area contributed by atoms with E-state index in [-0.39, 0.29) is 6.61 Å². The van der Waals surface area contributed by atoms with Gasteiger partial charge in [-0.3, -0.25) is 14.4 Å². The largest absolute Gasteiger partial charge is 0.463 e. The SMILES string of the molecule is CC(=O)OC[C@H]1O[CH][C@H](N=[N+]=[N-])[C@@H](OC(C)=O)[C@@H]1OC(C)=O. The zero-order valence-electron chi connectivity index (χ0n) is 12.3. The van der Waals surface area contributed by atoms with Crippen LogP contribution in [0.4, 0.5) is 0 Å². The van der Waals surface area contributed by atoms with Crippen molar-refractivity contribution in [1.29, 1.82) is 0 Å². The fraction of sp³-hybridized carbons (Fsp3) is 0.667. The van der Waals surface area contributed by atoms with Gasteiger partial charge in [0.2, 0.25) is 0 Å². The number of azide groups is 1. The highest BCUT2D eigenvalue weighted by Gasteiger charge is 2.45. The molecular weight excluding hydrogens is 298 g/mol. The Morgan fingerprint density at radius 1 is 1.14 bits per heavy atom. The van der Waals surface area contributed by atoms with Crippen molar-refractivity contribution in [2.24, 2.45) is 5.11 Å². The van der Waals surface area contributed by atoms with E-state index < -0.39 is 42.3 Å². The highest BCUT2D eigenvalue weighted by molar-refractivity contribution is 5.68. The topological polar surface area (TPSA) is 137 Å². The predicted octanol–water partition coefficient (Wildman–Crippen LogP) is 0.652. The molecule has 0 N–H and O–H groups in total. The maximum absolute atomic E-state index is 11.3. The van der Waals surface area contributed by atoms with E-state index in [9.17, 15) is 14.4 Å². The fourth-order valence-electron chi connectivity index (χ4n) is 1.89. The van der Waals surface area contributed by atoms with Gasteiger partial charge < -0.3 is 18.9 Å². The Hall–Kier alpha value is -2.32. The van der Waals surface area contributed by atoms with Gasteiger partial charge in [-0.2, -0.15) is 0 Å². The quantitative estimate of drug-likeness (QED) is 0.239. The summed E-state index contributed by atoms with van der Waals surface area (Å²) in [5.41, 5.74) is 8.55. The lowest BCUT2D eigenvalue weighted by molar-refractivity contribution is -0.195. The second-order valence-corrected chi connectivity index (χ2v) is 4.46. The smallest absolute Gasteiger partial charge is 0.303 e. The van der Waals surface area contributed by atoms with Crippen molar-refractivity contribution in [3.8, 4) is 0 Å². The highest BCUT2D eigenvalue weighted by Crippen LogP contribution is 2.27. The summed E-state index contributed by atoms with van der Waals surface area (Å²) in [6.07, 6.45) is -3.05. The van der Waals surface area contributed by atoms with Gasteiger partial charge in [-0.05, 0) is 5.53 Å². The minimum Gasteiger partial charge on any atom is -0.463 e. The van der Waals surface area contributed by atoms with E-state index >= 15 is 0 Å². The molecule has 10 heteroatoms. The van der Waals surface area contributed by atoms with Crippen molar-refractivity contribution < 1.29 is 33.3 Å². The fourth-order valence-corrected chi connectivity index (χ4v) is 1.89. The summed E-state index contributed by atoms with van der Waals surface area (Å²) in [6.45, 7) is 4.47. The van der Waals surface area contributed by atoms with Crippen molar-refractivity contribution in [1.82, 2.24) is 0 Å². The second kappa shape index (κ2) is 8.20. The van der Waals surface area contributed by atoms with Crippen molar-refractivity contribution in [3.63, 3.8) is 0 Å². The third kappa shape index (κ3) is 5.23. The molecule has 1 aliphatic heterocycles. The summed E-state index contributed by atoms with van der Waals surface area (Å²) in [4.78, 5) is 36.0. The first-order valence-electron chi connectivity index (χ1n) is 6.36. The van der Waals surface area contributed by atoms with Crippen LogP contribution in [0, 0.1) is 6.61 Å². The molecule has 0 amide bonds. The molecule has 1 rings (SSSR count). The third-order valence-corrected chi connectivity index (χ3v) is 2.66. The van der Waals surface area contributed by atoms with E-state index in [4.69, 9.17) is 24.5 Å². The van der Waals surface area contributed by atoms with Crippen LogP contribution in [0.3, 0.4) is 0 Å². The Bertz CT molecular complexity index is 489. The predicted molar refractivity (Wildman–Crippen MR) is 69.8 cm³/mol. The lowest BCUT2D eigenvalue weighted by atomic mass is 9.98. The lowest BCUT2D eigenvalue weighted by Crippen LogP contribution is -2.55. The van der Waals surface area contributed by atoms with E-state index in [2.05, 4.69) is 10.0 Å². The average Bonchev–Trinajstić information content (AvgIpc) is 2.40. The van der Waals surface area contributed by atoms with Gasteiger partial charge in [-0.1, -0.05) is 5.11 Å². The standard InChI is InChI=1S/C12H16N3O7/c1-6(16)19-5-10-12(22-8(3)18)11(21-7(2)17)9(4-20-10)14-15-13/h4,9-12H,5H2,1-3H3/t9-,10+,11+,12+/m0/s1. The molecule has 22 heavy (non-hydrogen) atoms. The van der Waals surface area contributed by atoms with Crippen molar-refractivity contribution in [2.45, 2.75) is 45.1 Å². The van der Waals surface area contributed by atoms with Gasteiger partial charge in [0.25, 0.3) is 0 Å². The maximum atomic E-state index is 11.3. The molecule has 0 bridgehead atoms. The van der Waals surface area contributed by atoms with E-state index in [1.807, 2.05) is 0 Å². The van der Waals surface area contributed by atoms with Crippen molar-refractivity contribution in [2.75, 3.05) is 6.61 Å². The van der Waals surface area contributed by atoms with Gasteiger partial charge in [0.05, 0.1) is 6.61 Å². The molecule has 10 nitrogen and oxygen atoms in total. The third-order valence-electron chi connectivity index (χ3n) is 2.66. The van der Waals surface area contributed by atoms with Crippen LogP contribution >= 0.6 is 0 Å². The summed E-state index contributed by atoms with van der Waals surface area (Å²) < 4.78 is 20.3. The molecule has 0 aromatic heterocycles. The minimum atomic E-state index is -1.08. The molecular formula is C12H16N3O7. The zero-order valence-corrected chi connectivity index (χ0v) is 12.3. The Balaban J connectivity index is 2.99. The first-order valence-corrected chi connectivity index (χ1v) is 6.36. The molecule has 0 aliphatic carbocycles. The van der Waals surface area contributed by atoms with Gasteiger partial charge in [0.15, 0.2) is 12.2 Å². The monoisotopic (exact) mass is 314 g/mol. The number of nitrogens with zero attached hydrogens (tertiary/aromatic N) is 3. The molecule has 4 atom stereocenters. The highest BCUT2D eigenvalue weighted by atomic mass is 16.6. The number of hydrogen-bond donors (Lipinski definition) is 0. The van der Waals surface area contributed by atoms with Gasteiger partial charge >= 0.3 is 17.9 Å². The van der Waals surface area contributed by atoms with Crippen LogP contribution in [0.5, 0.6) is 0 Å². The molecule has 1 heterocycles. The van der Waals surface area contributed by atoms with Crippen molar-refractivity contribution >= 4 is 17.9 Å². The number of rotatable bonds is 5. The van der Waals surface area contributed by atoms with Gasteiger partial charge in [0, 0.05) is 25.7 Å². The van der Waals surface area contributed by atoms with Gasteiger partial charge in [0.1, 0.15) is 18.8 Å². The number of esters is 3.